The SMILES string of the molecule is N#Cc1cc(Br)ccc1-c1ncc[nH]1.N#Cc1cc(Br)ccc1-c1ncc[nH]1.O=C([O-])[O-].[K+].[K+]. The number of aromatic nitrogens is 4. The zero-order valence-corrected chi connectivity index (χ0v) is 27.5. The van der Waals surface area contributed by atoms with Gasteiger partial charge in [-0.25, -0.2) is 9.97 Å². The van der Waals surface area contributed by atoms with Crippen LogP contribution in [0.15, 0.2) is 70.1 Å². The maximum Gasteiger partial charge on any atom is 1.00 e. The van der Waals surface area contributed by atoms with Crippen LogP contribution in [0.3, 0.4) is 0 Å². The molecule has 0 aliphatic rings. The molecule has 34 heavy (non-hydrogen) atoms. The average Bonchev–Trinajstić information content (AvgIpc) is 3.48. The van der Waals surface area contributed by atoms with Crippen molar-refractivity contribution in [3.63, 3.8) is 0 Å². The van der Waals surface area contributed by atoms with Gasteiger partial charge in [-0.1, -0.05) is 31.9 Å². The van der Waals surface area contributed by atoms with Crippen LogP contribution in [0.4, 0.5) is 4.79 Å². The van der Waals surface area contributed by atoms with Crippen LogP contribution in [-0.2, 0) is 0 Å². The third-order valence-electron chi connectivity index (χ3n) is 3.71. The van der Waals surface area contributed by atoms with Gasteiger partial charge in [-0.3, -0.25) is 0 Å². The van der Waals surface area contributed by atoms with Crippen molar-refractivity contribution in [1.82, 2.24) is 19.9 Å². The molecule has 2 aromatic heterocycles. The van der Waals surface area contributed by atoms with Gasteiger partial charge in [0.05, 0.1) is 23.3 Å². The number of nitrogens with one attached hydrogen (secondary N) is 2. The molecule has 2 N–H and O–H groups in total. The van der Waals surface area contributed by atoms with E-state index in [9.17, 15) is 0 Å². The molecule has 0 atom stereocenters. The van der Waals surface area contributed by atoms with Gasteiger partial charge in [0.25, 0.3) is 0 Å². The number of imidazole rings is 2. The number of carbonyl (C=O) groups excluding carboxylic acids is 1. The molecular weight excluding hydrogens is 622 g/mol. The summed E-state index contributed by atoms with van der Waals surface area (Å²) in [6.07, 6.45) is 4.47. The fourth-order valence-corrected chi connectivity index (χ4v) is 3.18. The molecule has 0 amide bonds. The van der Waals surface area contributed by atoms with E-state index >= 15 is 0 Å². The average molecular weight is 634 g/mol. The van der Waals surface area contributed by atoms with Crippen molar-refractivity contribution in [3.8, 4) is 34.9 Å². The monoisotopic (exact) mass is 632 g/mol. The predicted octanol–water partition coefficient (Wildman–Crippen LogP) is -3.02. The van der Waals surface area contributed by atoms with Gasteiger partial charge in [0.2, 0.25) is 0 Å². The van der Waals surface area contributed by atoms with Crippen molar-refractivity contribution in [2.75, 3.05) is 0 Å². The molecule has 2 heterocycles. The zero-order chi connectivity index (χ0) is 23.5. The number of carbonyl (C=O) groups is 1. The quantitative estimate of drug-likeness (QED) is 0.222. The Kier molecular flexibility index (Phi) is 17.4. The predicted molar refractivity (Wildman–Crippen MR) is 118 cm³/mol. The van der Waals surface area contributed by atoms with Crippen molar-refractivity contribution in [3.05, 3.63) is 81.3 Å². The third kappa shape index (κ3) is 10.9. The normalized spacial score (nSPS) is 8.71. The van der Waals surface area contributed by atoms with Gasteiger partial charge in [-0.15, -0.1) is 0 Å². The summed E-state index contributed by atoms with van der Waals surface area (Å²) < 4.78 is 1.79. The Balaban J connectivity index is 0.000000528. The van der Waals surface area contributed by atoms with E-state index in [1.165, 1.54) is 0 Å². The number of aromatic amines is 2. The maximum absolute atomic E-state index is 8.93. The second-order valence-corrected chi connectivity index (χ2v) is 7.56. The first-order valence-electron chi connectivity index (χ1n) is 8.62. The number of benzene rings is 2. The van der Waals surface area contributed by atoms with Crippen LogP contribution in [0.1, 0.15) is 11.1 Å². The molecule has 4 rings (SSSR count). The van der Waals surface area contributed by atoms with E-state index in [0.29, 0.717) is 22.8 Å². The molecule has 0 spiro atoms. The summed E-state index contributed by atoms with van der Waals surface area (Å²) in [5.41, 5.74) is 2.85. The molecule has 0 saturated carbocycles. The van der Waals surface area contributed by atoms with E-state index in [-0.39, 0.29) is 103 Å². The molecule has 0 aliphatic heterocycles. The van der Waals surface area contributed by atoms with Crippen molar-refractivity contribution in [1.29, 1.82) is 10.5 Å². The first-order valence-corrected chi connectivity index (χ1v) is 10.2. The van der Waals surface area contributed by atoms with Crippen LogP contribution in [0, 0.1) is 22.7 Å². The van der Waals surface area contributed by atoms with E-state index in [0.717, 1.165) is 20.1 Å². The Bertz CT molecular complexity index is 1170. The summed E-state index contributed by atoms with van der Waals surface area (Å²) in [6.45, 7) is 0. The second-order valence-electron chi connectivity index (χ2n) is 5.73. The summed E-state index contributed by atoms with van der Waals surface area (Å²) in [5, 5.41) is 34.5. The molecule has 4 aromatic rings. The number of halogens is 2. The first-order chi connectivity index (χ1) is 15.3. The topological polar surface area (TPSA) is 168 Å². The minimum atomic E-state index is -2.33. The standard InChI is InChI=1S/2C10H6BrN3.CH2O3.2K/c2*11-8-1-2-9(7(5-8)6-12)10-13-3-4-14-10;2-1(3)4;;/h2*1-5H,(H,13,14);(H2,2,3,4);;/q;;;2*+1/p-2. The molecule has 160 valence electrons. The first kappa shape index (κ1) is 33.3. The van der Waals surface area contributed by atoms with E-state index < -0.39 is 6.16 Å². The Morgan fingerprint density at radius 2 is 1.15 bits per heavy atom. The van der Waals surface area contributed by atoms with Crippen molar-refractivity contribution >= 4 is 38.0 Å². The van der Waals surface area contributed by atoms with Crippen LogP contribution in [0.5, 0.6) is 0 Å². The summed E-state index contributed by atoms with van der Waals surface area (Å²) in [6, 6.07) is 15.3. The van der Waals surface area contributed by atoms with Crippen molar-refractivity contribution in [2.45, 2.75) is 0 Å². The van der Waals surface area contributed by atoms with Gasteiger partial charge in [-0.2, -0.15) is 10.5 Å². The number of nitrogens with zero attached hydrogens (tertiary/aromatic N) is 4. The number of hydrogen-bond acceptors (Lipinski definition) is 7. The van der Waals surface area contributed by atoms with Crippen LogP contribution in [0.2, 0.25) is 0 Å². The van der Waals surface area contributed by atoms with Gasteiger partial charge in [-0.05, 0) is 42.6 Å². The minimum absolute atomic E-state index is 0. The summed E-state index contributed by atoms with van der Waals surface area (Å²) >= 11 is 6.64. The van der Waals surface area contributed by atoms with E-state index in [1.807, 2.05) is 24.3 Å². The van der Waals surface area contributed by atoms with Crippen LogP contribution < -0.4 is 113 Å². The van der Waals surface area contributed by atoms with Gasteiger partial charge >= 0.3 is 103 Å². The molecule has 9 nitrogen and oxygen atoms in total. The van der Waals surface area contributed by atoms with Crippen LogP contribution in [0.25, 0.3) is 22.8 Å². The summed E-state index contributed by atoms with van der Waals surface area (Å²) in [4.78, 5) is 22.5. The van der Waals surface area contributed by atoms with Gasteiger partial charge in [0.1, 0.15) is 11.6 Å². The third-order valence-corrected chi connectivity index (χ3v) is 4.70. The minimum Gasteiger partial charge on any atom is -0.652 e. The molecule has 13 heteroatoms. The molecule has 0 radical (unpaired) electrons. The van der Waals surface area contributed by atoms with Crippen molar-refractivity contribution < 1.29 is 118 Å². The van der Waals surface area contributed by atoms with E-state index in [2.05, 4.69) is 63.9 Å². The smallest absolute Gasteiger partial charge is 0.652 e. The van der Waals surface area contributed by atoms with Gasteiger partial charge in [0, 0.05) is 44.9 Å². The van der Waals surface area contributed by atoms with Crippen molar-refractivity contribution in [2.24, 2.45) is 0 Å². The largest absolute Gasteiger partial charge is 1.00 e. The van der Waals surface area contributed by atoms with Gasteiger partial charge < -0.3 is 25.0 Å². The zero-order valence-electron chi connectivity index (χ0n) is 18.0. The Labute approximate surface area is 297 Å². The molecule has 0 aliphatic carbocycles. The number of nitriles is 2. The molecule has 0 unspecified atom stereocenters. The van der Waals surface area contributed by atoms with Gasteiger partial charge in [0.15, 0.2) is 0 Å². The Morgan fingerprint density at radius 1 is 0.794 bits per heavy atom. The molecular formula is C21H12Br2K2N6O3. The molecule has 2 aromatic carbocycles. The molecule has 0 fully saturated rings. The summed E-state index contributed by atoms with van der Waals surface area (Å²) in [7, 11) is 0. The number of H-pyrrole nitrogens is 2. The number of hydrogen-bond donors (Lipinski definition) is 2. The van der Waals surface area contributed by atoms with E-state index in [1.54, 1.807) is 36.9 Å². The number of rotatable bonds is 2. The Morgan fingerprint density at radius 3 is 1.41 bits per heavy atom. The van der Waals surface area contributed by atoms with Crippen LogP contribution >= 0.6 is 31.9 Å². The number of carboxylic acid groups (broad SMARTS) is 2. The molecule has 0 saturated heterocycles. The van der Waals surface area contributed by atoms with E-state index in [4.69, 9.17) is 25.5 Å². The fourth-order valence-electron chi connectivity index (χ4n) is 2.46. The summed E-state index contributed by atoms with van der Waals surface area (Å²) in [5.74, 6) is 1.43. The second kappa shape index (κ2) is 17.7. The Hall–Kier alpha value is -0.657. The maximum atomic E-state index is 8.93. The fraction of sp³-hybridized carbons (Fsp3) is 0. The van der Waals surface area contributed by atoms with Crippen LogP contribution in [-0.4, -0.2) is 26.1 Å². The molecule has 0 bridgehead atoms.